The lowest BCUT2D eigenvalue weighted by atomic mass is 9.97. The van der Waals surface area contributed by atoms with Crippen molar-refractivity contribution < 1.29 is 0 Å². The maximum atomic E-state index is 6.46. The molecule has 0 bridgehead atoms. The minimum absolute atomic E-state index is 0.810. The third-order valence-electron chi connectivity index (χ3n) is 29.6. The molecule has 0 aliphatic carbocycles. The normalized spacial score (nSPS) is 12.1. The van der Waals surface area contributed by atoms with Crippen LogP contribution in [0.15, 0.2) is 491 Å². The SMILES string of the molecule is c1ccc(-c2c(-n3c4ccccc4c4ccccc43)c(-n3c4ccccc4c4ccccc43)nc(-n3c4ccccc4c4ccccc43)c2-n2c3ccccc3c3ccccc32)cc1.c1ccc(-n2c3ccccc3c3cccc(-c4c(-n5c6ccccc6c6ccccc65)c(-n5c6ccccc6c6ccccc65)nc(-n5c6ccccc6c6ccccc65)c4-n4c5ccccc5c5ccccc54)c32)cc1. The van der Waals surface area contributed by atoms with E-state index in [4.69, 9.17) is 9.97 Å². The minimum Gasteiger partial charge on any atom is -0.309 e. The first-order valence-corrected chi connectivity index (χ1v) is 48.3. The van der Waals surface area contributed by atoms with Crippen LogP contribution in [0.25, 0.3) is 270 Å². The largest absolute Gasteiger partial charge is 0.309 e. The van der Waals surface area contributed by atoms with Gasteiger partial charge >= 0.3 is 0 Å². The number of hydrogen-bond donors (Lipinski definition) is 0. The van der Waals surface area contributed by atoms with Crippen LogP contribution < -0.4 is 0 Å². The van der Waals surface area contributed by atoms with Crippen molar-refractivity contribution in [3.8, 4) is 74.0 Å². The summed E-state index contributed by atoms with van der Waals surface area (Å²) in [6, 6.07) is 179. The topological polar surface area (TPSA) is 70.2 Å². The summed E-state index contributed by atoms with van der Waals surface area (Å²) in [6.07, 6.45) is 0. The molecule has 11 heterocycles. The molecular weight excluding hydrogens is 1720 g/mol. The molecule has 0 fully saturated rings. The lowest BCUT2D eigenvalue weighted by molar-refractivity contribution is 0.961. The third kappa shape index (κ3) is 11.2. The van der Waals surface area contributed by atoms with E-state index >= 15 is 0 Å². The van der Waals surface area contributed by atoms with Gasteiger partial charge in [-0.3, -0.25) is 18.3 Å². The van der Waals surface area contributed by atoms with Crippen molar-refractivity contribution in [2.75, 3.05) is 0 Å². The fourth-order valence-electron chi connectivity index (χ4n) is 24.0. The maximum absolute atomic E-state index is 6.46. The van der Waals surface area contributed by atoms with Crippen LogP contribution in [0.4, 0.5) is 0 Å². The Morgan fingerprint density at radius 3 is 0.504 bits per heavy atom. The van der Waals surface area contributed by atoms with E-state index in [1.165, 1.54) is 70.0 Å². The number of rotatable bonds is 11. The van der Waals surface area contributed by atoms with Gasteiger partial charge in [-0.2, -0.15) is 0 Å². The summed E-state index contributed by atoms with van der Waals surface area (Å²) in [5.74, 6) is 3.29. The van der Waals surface area contributed by atoms with Crippen molar-refractivity contribution >= 4 is 196 Å². The van der Waals surface area contributed by atoms with E-state index in [0.717, 1.165) is 200 Å². The van der Waals surface area contributed by atoms with Crippen LogP contribution in [0.2, 0.25) is 0 Å². The molecule has 0 saturated carbocycles. The molecule has 0 aliphatic rings. The van der Waals surface area contributed by atoms with Gasteiger partial charge in [-0.15, -0.1) is 0 Å². The Morgan fingerprint density at radius 1 is 0.121 bits per heavy atom. The molecule has 31 rings (SSSR count). The summed E-state index contributed by atoms with van der Waals surface area (Å²) >= 11 is 0. The Morgan fingerprint density at radius 2 is 0.284 bits per heavy atom. The molecule has 0 aliphatic heterocycles. The van der Waals surface area contributed by atoms with Crippen LogP contribution >= 0.6 is 0 Å². The second-order valence-corrected chi connectivity index (χ2v) is 36.9. The summed E-state index contributed by atoms with van der Waals surface area (Å²) in [5, 5.41) is 21.2. The molecular formula is C130H81N11. The molecule has 11 heteroatoms. The fraction of sp³-hybridized carbons (Fsp3) is 0. The van der Waals surface area contributed by atoms with E-state index in [1.54, 1.807) is 0 Å². The van der Waals surface area contributed by atoms with E-state index in [0.29, 0.717) is 0 Å². The van der Waals surface area contributed by atoms with Gasteiger partial charge in [0.15, 0.2) is 23.3 Å². The highest BCUT2D eigenvalue weighted by Gasteiger charge is 2.37. The first-order chi connectivity index (χ1) is 70.1. The van der Waals surface area contributed by atoms with Gasteiger partial charge in [0.2, 0.25) is 0 Å². The van der Waals surface area contributed by atoms with Crippen molar-refractivity contribution in [2.24, 2.45) is 0 Å². The van der Waals surface area contributed by atoms with Crippen LogP contribution in [0.1, 0.15) is 0 Å². The number of hydrogen-bond acceptors (Lipinski definition) is 2. The van der Waals surface area contributed by atoms with E-state index < -0.39 is 0 Å². The smallest absolute Gasteiger partial charge is 0.165 e. The van der Waals surface area contributed by atoms with Crippen molar-refractivity contribution in [1.82, 2.24) is 51.1 Å². The quantitative estimate of drug-likeness (QED) is 0.129. The molecule has 656 valence electrons. The molecule has 11 nitrogen and oxygen atoms in total. The van der Waals surface area contributed by atoms with Crippen molar-refractivity contribution in [2.45, 2.75) is 0 Å². The average molecular weight is 1800 g/mol. The third-order valence-corrected chi connectivity index (χ3v) is 29.6. The molecule has 11 aromatic heterocycles. The Kier molecular flexibility index (Phi) is 17.0. The van der Waals surface area contributed by atoms with Gasteiger partial charge in [-0.25, -0.2) is 9.97 Å². The van der Waals surface area contributed by atoms with Crippen molar-refractivity contribution in [1.29, 1.82) is 0 Å². The molecule has 0 spiro atoms. The molecule has 0 atom stereocenters. The van der Waals surface area contributed by atoms with Gasteiger partial charge in [0.1, 0.15) is 22.7 Å². The van der Waals surface area contributed by atoms with Gasteiger partial charge in [0.05, 0.1) is 99.3 Å². The molecule has 31 aromatic rings. The van der Waals surface area contributed by atoms with Crippen LogP contribution in [0, 0.1) is 0 Å². The van der Waals surface area contributed by atoms with E-state index in [2.05, 4.69) is 532 Å². The molecule has 0 radical (unpaired) electrons. The standard InChI is InChI=1S/C71H44N6.C59H37N5/c1-2-23-45(24-3-1)73-57-36-13-12-33-54(57)55-34-22-35-56(67(55)73)66-68(74-58-37-14-4-25-46(58)47-26-5-15-38-59(47)74)70(76-62-41-18-8-29-50(62)51-30-9-19-42-63(51)76)72-71(77-64-43-20-10-31-52(64)53-32-11-21-44-65(53)77)69(66)75-60-39-16-6-27-48(60)49-28-7-17-40-61(49)75;1-2-20-38(21-3-1)55-56(61-47-30-12-4-22-39(47)40-23-5-13-31-48(40)61)58(63-51-34-16-8-26-43(51)44-27-9-17-35-52(44)63)60-59(64-53-36-18-10-28-45(53)46-29-11-19-37-54(46)64)57(55)62-49-32-14-6-24-41(49)42-25-7-15-33-50(42)62/h1-44H;1-37H. The summed E-state index contributed by atoms with van der Waals surface area (Å²) < 4.78 is 22.3. The van der Waals surface area contributed by atoms with Gasteiger partial charge in [0, 0.05) is 119 Å². The Bertz CT molecular complexity index is 9770. The van der Waals surface area contributed by atoms with Crippen molar-refractivity contribution in [3.05, 3.63) is 491 Å². The number of para-hydroxylation sites is 19. The molecule has 141 heavy (non-hydrogen) atoms. The Balaban J connectivity index is 0.000000135. The predicted molar refractivity (Wildman–Crippen MR) is 588 cm³/mol. The van der Waals surface area contributed by atoms with Gasteiger partial charge < -0.3 is 22.8 Å². The maximum Gasteiger partial charge on any atom is 0.165 e. The zero-order chi connectivity index (χ0) is 92.2. The highest BCUT2D eigenvalue weighted by Crippen LogP contribution is 2.55. The lowest BCUT2D eigenvalue weighted by Crippen LogP contribution is -2.16. The van der Waals surface area contributed by atoms with Crippen LogP contribution in [0.3, 0.4) is 0 Å². The van der Waals surface area contributed by atoms with Gasteiger partial charge in [-0.05, 0) is 121 Å². The second kappa shape index (κ2) is 30.7. The lowest BCUT2D eigenvalue weighted by Gasteiger charge is -2.27. The summed E-state index contributed by atoms with van der Waals surface area (Å²) in [7, 11) is 0. The molecule has 0 saturated heterocycles. The van der Waals surface area contributed by atoms with E-state index in [9.17, 15) is 0 Å². The van der Waals surface area contributed by atoms with Crippen LogP contribution in [-0.2, 0) is 0 Å². The number of nitrogens with zero attached hydrogens (tertiary/aromatic N) is 11. The Hall–Kier alpha value is -19.1. The number of benzene rings is 20. The minimum atomic E-state index is 0.810. The van der Waals surface area contributed by atoms with E-state index in [1.807, 2.05) is 0 Å². The highest BCUT2D eigenvalue weighted by molar-refractivity contribution is 6.22. The average Bonchev–Trinajstić information content (AvgIpc) is 1.53. The van der Waals surface area contributed by atoms with Crippen LogP contribution in [0.5, 0.6) is 0 Å². The zero-order valence-electron chi connectivity index (χ0n) is 76.2. The fourth-order valence-corrected chi connectivity index (χ4v) is 24.0. The first-order valence-electron chi connectivity index (χ1n) is 48.3. The van der Waals surface area contributed by atoms with Crippen LogP contribution in [-0.4, -0.2) is 51.1 Å². The van der Waals surface area contributed by atoms with Crippen molar-refractivity contribution in [3.63, 3.8) is 0 Å². The van der Waals surface area contributed by atoms with Gasteiger partial charge in [0.25, 0.3) is 0 Å². The predicted octanol–water partition coefficient (Wildman–Crippen LogP) is 33.4. The molecule has 0 unspecified atom stereocenters. The summed E-state index contributed by atoms with van der Waals surface area (Å²) in [4.78, 5) is 12.7. The number of fused-ring (bicyclic) bond motifs is 27. The summed E-state index contributed by atoms with van der Waals surface area (Å²) in [5.41, 5.74) is 29.0. The second-order valence-electron chi connectivity index (χ2n) is 36.9. The zero-order valence-corrected chi connectivity index (χ0v) is 76.2. The number of aromatic nitrogens is 11. The van der Waals surface area contributed by atoms with E-state index in [-0.39, 0.29) is 0 Å². The first kappa shape index (κ1) is 78.2. The monoisotopic (exact) mass is 1800 g/mol. The molecule has 20 aromatic carbocycles. The summed E-state index contributed by atoms with van der Waals surface area (Å²) in [6.45, 7) is 0. The van der Waals surface area contributed by atoms with Gasteiger partial charge in [-0.1, -0.05) is 376 Å². The molecule has 0 amide bonds. The Labute approximate surface area is 807 Å². The molecule has 0 N–H and O–H groups in total. The highest BCUT2D eigenvalue weighted by atomic mass is 15.2. The number of pyridine rings is 2.